The van der Waals surface area contributed by atoms with Crippen molar-refractivity contribution >= 4 is 22.5 Å². The average molecular weight is 365 g/mol. The van der Waals surface area contributed by atoms with Crippen molar-refractivity contribution in [2.24, 2.45) is 0 Å². The van der Waals surface area contributed by atoms with Gasteiger partial charge in [-0.3, -0.25) is 14.7 Å². The van der Waals surface area contributed by atoms with Crippen molar-refractivity contribution in [1.29, 1.82) is 5.26 Å². The lowest BCUT2D eigenvalue weighted by Crippen LogP contribution is -2.31. The zero-order valence-electron chi connectivity index (χ0n) is 14.8. The molecule has 0 aliphatic heterocycles. The maximum atomic E-state index is 12.6. The van der Waals surface area contributed by atoms with Gasteiger partial charge in [-0.1, -0.05) is 18.2 Å². The highest BCUT2D eigenvalue weighted by Crippen LogP contribution is 2.14. The molecule has 0 atom stereocenters. The van der Waals surface area contributed by atoms with E-state index in [4.69, 9.17) is 11.0 Å². The first-order chi connectivity index (χ1) is 13.1. The third-order valence-corrected chi connectivity index (χ3v) is 4.25. The Morgan fingerprint density at radius 1 is 1.37 bits per heavy atom. The Kier molecular flexibility index (Phi) is 5.17. The van der Waals surface area contributed by atoms with Gasteiger partial charge in [-0.05, 0) is 25.8 Å². The number of hydrogen-bond acceptors (Lipinski definition) is 6. The molecule has 0 radical (unpaired) electrons. The number of amides is 1. The molecule has 0 aliphatic rings. The van der Waals surface area contributed by atoms with E-state index in [1.807, 2.05) is 6.07 Å². The van der Waals surface area contributed by atoms with E-state index < -0.39 is 0 Å². The van der Waals surface area contributed by atoms with Crippen LogP contribution in [0.4, 0.5) is 5.82 Å². The summed E-state index contributed by atoms with van der Waals surface area (Å²) in [5.74, 6) is -0.174. The summed E-state index contributed by atoms with van der Waals surface area (Å²) in [5, 5.41) is 23.6. The Labute approximate surface area is 154 Å². The average Bonchev–Trinajstić information content (AvgIpc) is 3.05. The lowest BCUT2D eigenvalue weighted by Gasteiger charge is -2.10. The minimum Gasteiger partial charge on any atom is -0.381 e. The summed E-state index contributed by atoms with van der Waals surface area (Å²) in [7, 11) is 0. The molecule has 138 valence electrons. The molecular formula is C18H19N7O2. The molecule has 1 aromatic carbocycles. The fourth-order valence-corrected chi connectivity index (χ4v) is 2.87. The number of fused-ring (bicyclic) bond motifs is 1. The molecule has 0 aliphatic carbocycles. The number of nitrogens with one attached hydrogen (secondary N) is 2. The second-order valence-electron chi connectivity index (χ2n) is 5.95. The van der Waals surface area contributed by atoms with Crippen LogP contribution < -0.4 is 16.6 Å². The molecule has 0 bridgehead atoms. The molecule has 0 saturated carbocycles. The summed E-state index contributed by atoms with van der Waals surface area (Å²) in [6.07, 6.45) is 1.11. The van der Waals surface area contributed by atoms with Crippen LogP contribution in [0, 0.1) is 11.3 Å². The maximum absolute atomic E-state index is 12.6. The number of nitriles is 1. The molecule has 2 aromatic heterocycles. The molecule has 0 saturated heterocycles. The summed E-state index contributed by atoms with van der Waals surface area (Å²) < 4.78 is 1.28. The molecule has 2 heterocycles. The van der Waals surface area contributed by atoms with Gasteiger partial charge in [-0.25, -0.2) is 4.68 Å². The Morgan fingerprint density at radius 3 is 2.81 bits per heavy atom. The lowest BCUT2D eigenvalue weighted by atomic mass is 10.1. The third kappa shape index (κ3) is 3.50. The number of H-pyrrole nitrogens is 1. The fraction of sp³-hybridized carbons (Fsp3) is 0.278. The van der Waals surface area contributed by atoms with Gasteiger partial charge < -0.3 is 11.1 Å². The van der Waals surface area contributed by atoms with Gasteiger partial charge in [0.25, 0.3) is 11.5 Å². The van der Waals surface area contributed by atoms with E-state index in [2.05, 4.69) is 20.6 Å². The summed E-state index contributed by atoms with van der Waals surface area (Å²) >= 11 is 0. The van der Waals surface area contributed by atoms with Crippen LogP contribution >= 0.6 is 0 Å². The Hall–Kier alpha value is -3.67. The summed E-state index contributed by atoms with van der Waals surface area (Å²) in [5.41, 5.74) is 6.59. The number of aromatic amines is 1. The molecule has 4 N–H and O–H groups in total. The zero-order chi connectivity index (χ0) is 19.4. The molecule has 3 rings (SSSR count). The van der Waals surface area contributed by atoms with Gasteiger partial charge in [-0.2, -0.15) is 15.5 Å². The highest BCUT2D eigenvalue weighted by Gasteiger charge is 2.16. The van der Waals surface area contributed by atoms with Crippen LogP contribution in [0.15, 0.2) is 29.1 Å². The maximum Gasteiger partial charge on any atom is 0.274 e. The third-order valence-electron chi connectivity index (χ3n) is 4.25. The number of rotatable bonds is 6. The molecule has 27 heavy (non-hydrogen) atoms. The van der Waals surface area contributed by atoms with Crippen LogP contribution in [0.25, 0.3) is 10.8 Å². The van der Waals surface area contributed by atoms with Crippen molar-refractivity contribution in [2.75, 3.05) is 12.3 Å². The molecule has 0 fully saturated rings. The number of aryl methyl sites for hydroxylation is 2. The predicted octanol–water partition coefficient (Wildman–Crippen LogP) is 0.956. The molecule has 0 unspecified atom stereocenters. The van der Waals surface area contributed by atoms with E-state index in [0.29, 0.717) is 48.0 Å². The quantitative estimate of drug-likeness (QED) is 0.555. The number of carbonyl (C=O) groups is 1. The smallest absolute Gasteiger partial charge is 0.274 e. The SMILES string of the molecule is CCn1nc(C(=O)NCCCc2[nH]nc(N)c2C#N)c2ccccc2c1=O. The number of hydrogen-bond donors (Lipinski definition) is 3. The summed E-state index contributed by atoms with van der Waals surface area (Å²) in [4.78, 5) is 24.9. The van der Waals surface area contributed by atoms with Crippen LogP contribution in [-0.4, -0.2) is 32.4 Å². The number of aromatic nitrogens is 4. The van der Waals surface area contributed by atoms with E-state index in [0.717, 1.165) is 0 Å². The van der Waals surface area contributed by atoms with Crippen molar-refractivity contribution in [1.82, 2.24) is 25.3 Å². The van der Waals surface area contributed by atoms with Crippen LogP contribution in [0.1, 0.15) is 35.1 Å². The number of benzene rings is 1. The van der Waals surface area contributed by atoms with Gasteiger partial charge in [0.05, 0.1) is 11.1 Å². The fourth-order valence-electron chi connectivity index (χ4n) is 2.87. The van der Waals surface area contributed by atoms with E-state index >= 15 is 0 Å². The molecule has 9 heteroatoms. The number of nitrogens with zero attached hydrogens (tertiary/aromatic N) is 4. The van der Waals surface area contributed by atoms with E-state index in [1.54, 1.807) is 31.2 Å². The van der Waals surface area contributed by atoms with Gasteiger partial charge >= 0.3 is 0 Å². The van der Waals surface area contributed by atoms with E-state index in [9.17, 15) is 9.59 Å². The van der Waals surface area contributed by atoms with Crippen LogP contribution in [0.3, 0.4) is 0 Å². The number of anilines is 1. The second kappa shape index (κ2) is 7.70. The van der Waals surface area contributed by atoms with Crippen LogP contribution in [0.2, 0.25) is 0 Å². The first kappa shape index (κ1) is 18.1. The molecule has 0 spiro atoms. The summed E-state index contributed by atoms with van der Waals surface area (Å²) in [6.45, 7) is 2.56. The van der Waals surface area contributed by atoms with E-state index in [1.165, 1.54) is 4.68 Å². The first-order valence-electron chi connectivity index (χ1n) is 8.57. The van der Waals surface area contributed by atoms with Crippen molar-refractivity contribution in [3.63, 3.8) is 0 Å². The molecule has 9 nitrogen and oxygen atoms in total. The lowest BCUT2D eigenvalue weighted by molar-refractivity contribution is 0.0947. The Bertz CT molecular complexity index is 1090. The van der Waals surface area contributed by atoms with E-state index in [-0.39, 0.29) is 23.0 Å². The van der Waals surface area contributed by atoms with Crippen molar-refractivity contribution in [3.8, 4) is 6.07 Å². The molecule has 3 aromatic rings. The van der Waals surface area contributed by atoms with Gasteiger partial charge in [0.15, 0.2) is 11.5 Å². The first-order valence-corrected chi connectivity index (χ1v) is 8.57. The Morgan fingerprint density at radius 2 is 2.11 bits per heavy atom. The molecular weight excluding hydrogens is 346 g/mol. The molecule has 1 amide bonds. The standard InChI is InChI=1S/C18H19N7O2/c1-2-25-18(27)12-7-4-3-6-11(12)15(24-25)17(26)21-9-5-8-14-13(10-19)16(20)23-22-14/h3-4,6-7H,2,5,8-9H2,1H3,(H,21,26)(H3,20,22,23). The normalized spacial score (nSPS) is 10.7. The topological polar surface area (TPSA) is 142 Å². The van der Waals surface area contributed by atoms with Gasteiger partial charge in [-0.15, -0.1) is 0 Å². The van der Waals surface area contributed by atoms with Crippen LogP contribution in [-0.2, 0) is 13.0 Å². The van der Waals surface area contributed by atoms with Gasteiger partial charge in [0, 0.05) is 18.5 Å². The van der Waals surface area contributed by atoms with Crippen molar-refractivity contribution < 1.29 is 4.79 Å². The van der Waals surface area contributed by atoms with Crippen LogP contribution in [0.5, 0.6) is 0 Å². The van der Waals surface area contributed by atoms with Crippen molar-refractivity contribution in [3.05, 3.63) is 51.6 Å². The Balaban J connectivity index is 1.72. The number of nitrogen functional groups attached to an aromatic ring is 1. The number of nitrogens with two attached hydrogens (primary N) is 1. The number of carbonyl (C=O) groups excluding carboxylic acids is 1. The highest BCUT2D eigenvalue weighted by molar-refractivity contribution is 6.04. The largest absolute Gasteiger partial charge is 0.381 e. The zero-order valence-corrected chi connectivity index (χ0v) is 14.8. The second-order valence-corrected chi connectivity index (χ2v) is 5.95. The van der Waals surface area contributed by atoms with Crippen molar-refractivity contribution in [2.45, 2.75) is 26.3 Å². The van der Waals surface area contributed by atoms with Gasteiger partial charge in [0.2, 0.25) is 0 Å². The monoisotopic (exact) mass is 365 g/mol. The minimum absolute atomic E-state index is 0.175. The predicted molar refractivity (Wildman–Crippen MR) is 100 cm³/mol. The van der Waals surface area contributed by atoms with Gasteiger partial charge in [0.1, 0.15) is 11.6 Å². The highest BCUT2D eigenvalue weighted by atomic mass is 16.2. The summed E-state index contributed by atoms with van der Waals surface area (Å²) in [6, 6.07) is 8.94. The minimum atomic E-state index is -0.349.